The van der Waals surface area contributed by atoms with E-state index in [2.05, 4.69) is 22.4 Å². The van der Waals surface area contributed by atoms with Crippen LogP contribution in [0.2, 0.25) is 0 Å². The van der Waals surface area contributed by atoms with Gasteiger partial charge in [-0.2, -0.15) is 0 Å². The smallest absolute Gasteiger partial charge is 0.335 e. The van der Waals surface area contributed by atoms with Crippen LogP contribution in [0.5, 0.6) is 0 Å². The molecule has 3 aromatic rings. The molecule has 1 fully saturated rings. The Hall–Kier alpha value is -2.69. The summed E-state index contributed by atoms with van der Waals surface area (Å²) in [6.45, 7) is 0. The van der Waals surface area contributed by atoms with E-state index in [1.54, 1.807) is 18.2 Å². The lowest BCUT2D eigenvalue weighted by Gasteiger charge is -2.02. The Balaban J connectivity index is 1.72. The molecule has 1 aliphatic rings. The standard InChI is InChI=1S/C16H13N3O2/c20-16(21)11-6-7-13-15(8-11)19(18-17-13)14-9-12(14)10-4-2-1-3-5-10/h1-8,12,14H,9H2,(H,20,21). The highest BCUT2D eigenvalue weighted by Gasteiger charge is 2.41. The molecule has 1 aromatic heterocycles. The fourth-order valence-electron chi connectivity index (χ4n) is 2.82. The number of fused-ring (bicyclic) bond motifs is 1. The molecule has 0 aliphatic heterocycles. The van der Waals surface area contributed by atoms with E-state index in [1.165, 1.54) is 5.56 Å². The Bertz CT molecular complexity index is 826. The molecular weight excluding hydrogens is 266 g/mol. The summed E-state index contributed by atoms with van der Waals surface area (Å²) in [4.78, 5) is 11.1. The molecule has 1 aliphatic carbocycles. The topological polar surface area (TPSA) is 68.0 Å². The molecule has 1 N–H and O–H groups in total. The van der Waals surface area contributed by atoms with E-state index in [-0.39, 0.29) is 11.6 Å². The largest absolute Gasteiger partial charge is 0.478 e. The van der Waals surface area contributed by atoms with Crippen LogP contribution in [0.3, 0.4) is 0 Å². The van der Waals surface area contributed by atoms with Gasteiger partial charge in [0, 0.05) is 5.92 Å². The second-order valence-electron chi connectivity index (χ2n) is 5.36. The fraction of sp³-hybridized carbons (Fsp3) is 0.188. The molecule has 1 heterocycles. The average Bonchev–Trinajstić information content (AvgIpc) is 3.20. The number of rotatable bonds is 3. The maximum absolute atomic E-state index is 11.1. The number of aromatic nitrogens is 3. The summed E-state index contributed by atoms with van der Waals surface area (Å²) < 4.78 is 1.86. The zero-order valence-corrected chi connectivity index (χ0v) is 11.2. The van der Waals surface area contributed by atoms with Crippen molar-refractivity contribution in [1.29, 1.82) is 0 Å². The molecule has 0 bridgehead atoms. The van der Waals surface area contributed by atoms with Gasteiger partial charge in [-0.05, 0) is 30.2 Å². The molecule has 1 saturated carbocycles. The third-order valence-electron chi connectivity index (χ3n) is 4.02. The second-order valence-corrected chi connectivity index (χ2v) is 5.36. The van der Waals surface area contributed by atoms with Crippen molar-refractivity contribution >= 4 is 17.0 Å². The van der Waals surface area contributed by atoms with Gasteiger partial charge in [-0.25, -0.2) is 9.48 Å². The quantitative estimate of drug-likeness (QED) is 0.800. The van der Waals surface area contributed by atoms with Gasteiger partial charge in [0.25, 0.3) is 0 Å². The van der Waals surface area contributed by atoms with Gasteiger partial charge in [0.2, 0.25) is 0 Å². The van der Waals surface area contributed by atoms with Gasteiger partial charge in [0.1, 0.15) is 5.52 Å². The van der Waals surface area contributed by atoms with Crippen molar-refractivity contribution in [2.24, 2.45) is 0 Å². The van der Waals surface area contributed by atoms with E-state index in [9.17, 15) is 4.79 Å². The van der Waals surface area contributed by atoms with Crippen molar-refractivity contribution in [3.8, 4) is 0 Å². The number of hydrogen-bond acceptors (Lipinski definition) is 3. The summed E-state index contributed by atoms with van der Waals surface area (Å²) in [5.41, 5.74) is 3.08. The van der Waals surface area contributed by atoms with Gasteiger partial charge in [-0.15, -0.1) is 5.10 Å². The summed E-state index contributed by atoms with van der Waals surface area (Å²) >= 11 is 0. The Morgan fingerprint density at radius 1 is 1.19 bits per heavy atom. The first-order valence-electron chi connectivity index (χ1n) is 6.87. The van der Waals surface area contributed by atoms with Crippen LogP contribution in [-0.4, -0.2) is 26.1 Å². The lowest BCUT2D eigenvalue weighted by atomic mass is 10.1. The SMILES string of the molecule is O=C(O)c1ccc2nnn(C3CC3c3ccccc3)c2c1. The first kappa shape index (κ1) is 12.1. The highest BCUT2D eigenvalue weighted by atomic mass is 16.4. The molecular formula is C16H13N3O2. The van der Waals surface area contributed by atoms with Crippen molar-refractivity contribution in [1.82, 2.24) is 15.0 Å². The van der Waals surface area contributed by atoms with Gasteiger partial charge >= 0.3 is 5.97 Å². The molecule has 21 heavy (non-hydrogen) atoms. The van der Waals surface area contributed by atoms with E-state index >= 15 is 0 Å². The number of aromatic carboxylic acids is 1. The molecule has 5 nitrogen and oxygen atoms in total. The highest BCUT2D eigenvalue weighted by molar-refractivity contribution is 5.92. The van der Waals surface area contributed by atoms with Crippen molar-refractivity contribution < 1.29 is 9.90 Å². The summed E-state index contributed by atoms with van der Waals surface area (Å²) in [5, 5.41) is 17.4. The van der Waals surface area contributed by atoms with Gasteiger partial charge in [0.05, 0.1) is 17.1 Å². The van der Waals surface area contributed by atoms with Crippen LogP contribution < -0.4 is 0 Å². The third-order valence-corrected chi connectivity index (χ3v) is 4.02. The van der Waals surface area contributed by atoms with Gasteiger partial charge in [-0.3, -0.25) is 0 Å². The van der Waals surface area contributed by atoms with Crippen LogP contribution in [0.15, 0.2) is 48.5 Å². The number of hydrogen-bond donors (Lipinski definition) is 1. The van der Waals surface area contributed by atoms with Crippen LogP contribution in [0.4, 0.5) is 0 Å². The zero-order valence-electron chi connectivity index (χ0n) is 11.2. The fourth-order valence-corrected chi connectivity index (χ4v) is 2.82. The molecule has 104 valence electrons. The van der Waals surface area contributed by atoms with Crippen molar-refractivity contribution in [3.05, 3.63) is 59.7 Å². The van der Waals surface area contributed by atoms with E-state index in [0.717, 1.165) is 17.5 Å². The summed E-state index contributed by atoms with van der Waals surface area (Å²) in [7, 11) is 0. The molecule has 4 rings (SSSR count). The molecule has 5 heteroatoms. The van der Waals surface area contributed by atoms with E-state index in [1.807, 2.05) is 22.9 Å². The highest BCUT2D eigenvalue weighted by Crippen LogP contribution is 2.51. The monoisotopic (exact) mass is 279 g/mol. The number of nitrogens with zero attached hydrogens (tertiary/aromatic N) is 3. The molecule has 0 saturated heterocycles. The third kappa shape index (κ3) is 1.98. The Kier molecular flexibility index (Phi) is 2.54. The molecule has 0 spiro atoms. The number of carboxylic acids is 1. The Morgan fingerprint density at radius 2 is 2.00 bits per heavy atom. The average molecular weight is 279 g/mol. The number of benzene rings is 2. The second kappa shape index (κ2) is 4.41. The van der Waals surface area contributed by atoms with Crippen LogP contribution in [0.1, 0.15) is 34.3 Å². The van der Waals surface area contributed by atoms with Crippen LogP contribution >= 0.6 is 0 Å². The molecule has 0 amide bonds. The minimum atomic E-state index is -0.931. The van der Waals surface area contributed by atoms with Crippen LogP contribution in [0, 0.1) is 0 Å². The maximum Gasteiger partial charge on any atom is 0.335 e. The normalized spacial score (nSPS) is 20.6. The first-order valence-corrected chi connectivity index (χ1v) is 6.87. The van der Waals surface area contributed by atoms with E-state index in [4.69, 9.17) is 5.11 Å². The summed E-state index contributed by atoms with van der Waals surface area (Å²) in [5.74, 6) is -0.496. The molecule has 0 radical (unpaired) electrons. The first-order chi connectivity index (χ1) is 10.2. The van der Waals surface area contributed by atoms with Gasteiger partial charge in [0.15, 0.2) is 0 Å². The van der Waals surface area contributed by atoms with Gasteiger partial charge in [-0.1, -0.05) is 35.5 Å². The predicted molar refractivity (Wildman–Crippen MR) is 77.3 cm³/mol. The zero-order chi connectivity index (χ0) is 14.4. The minimum absolute atomic E-state index is 0.265. The number of carboxylic acid groups (broad SMARTS) is 1. The van der Waals surface area contributed by atoms with Crippen molar-refractivity contribution in [2.75, 3.05) is 0 Å². The predicted octanol–water partition coefficient (Wildman–Crippen LogP) is 2.86. The molecule has 2 unspecified atom stereocenters. The van der Waals surface area contributed by atoms with Crippen LogP contribution in [-0.2, 0) is 0 Å². The molecule has 2 atom stereocenters. The number of carbonyl (C=O) groups is 1. The Morgan fingerprint density at radius 3 is 2.76 bits per heavy atom. The van der Waals surface area contributed by atoms with Crippen molar-refractivity contribution in [3.63, 3.8) is 0 Å². The van der Waals surface area contributed by atoms with Crippen molar-refractivity contribution in [2.45, 2.75) is 18.4 Å². The summed E-state index contributed by atoms with van der Waals surface area (Å²) in [6, 6.07) is 15.5. The van der Waals surface area contributed by atoms with Gasteiger partial charge < -0.3 is 5.11 Å². The molecule has 2 aromatic carbocycles. The maximum atomic E-state index is 11.1. The lowest BCUT2D eigenvalue weighted by molar-refractivity contribution is 0.0697. The van der Waals surface area contributed by atoms with Crippen LogP contribution in [0.25, 0.3) is 11.0 Å². The minimum Gasteiger partial charge on any atom is -0.478 e. The summed E-state index contributed by atoms with van der Waals surface area (Å²) in [6.07, 6.45) is 1.01. The Labute approximate surface area is 120 Å². The van der Waals surface area contributed by atoms with E-state index < -0.39 is 5.97 Å². The lowest BCUT2D eigenvalue weighted by Crippen LogP contribution is -2.00. The van der Waals surface area contributed by atoms with E-state index in [0.29, 0.717) is 5.92 Å².